The predicted molar refractivity (Wildman–Crippen MR) is 121 cm³/mol. The molecule has 1 N–H and O–H groups in total. The van der Waals surface area contributed by atoms with E-state index in [-0.39, 0.29) is 17.9 Å². The number of amides is 1. The third kappa shape index (κ3) is 4.50. The maximum Gasteiger partial charge on any atom is 0.252 e. The van der Waals surface area contributed by atoms with Crippen molar-refractivity contribution < 1.29 is 4.79 Å². The molecule has 31 heavy (non-hydrogen) atoms. The Morgan fingerprint density at radius 1 is 1.10 bits per heavy atom. The number of aromatic nitrogens is 5. The Balaban J connectivity index is 1.51. The minimum Gasteiger partial charge on any atom is -0.348 e. The molecule has 0 bridgehead atoms. The van der Waals surface area contributed by atoms with Gasteiger partial charge in [0.25, 0.3) is 5.91 Å². The average Bonchev–Trinajstić information content (AvgIpc) is 3.41. The summed E-state index contributed by atoms with van der Waals surface area (Å²) in [6, 6.07) is 10.3. The number of nitrogens with zero attached hydrogens (tertiary/aromatic N) is 5. The summed E-state index contributed by atoms with van der Waals surface area (Å²) < 4.78 is 3.89. The van der Waals surface area contributed by atoms with Crippen LogP contribution in [0.2, 0.25) is 0 Å². The van der Waals surface area contributed by atoms with Crippen LogP contribution < -0.4 is 5.32 Å². The quantitative estimate of drug-likeness (QED) is 0.487. The molecule has 4 aromatic rings. The van der Waals surface area contributed by atoms with Gasteiger partial charge in [0, 0.05) is 37.2 Å². The number of fused-ring (bicyclic) bond motifs is 1. The Morgan fingerprint density at radius 3 is 2.48 bits per heavy atom. The second-order valence-electron chi connectivity index (χ2n) is 8.40. The van der Waals surface area contributed by atoms with Crippen molar-refractivity contribution in [3.63, 3.8) is 0 Å². The van der Waals surface area contributed by atoms with Gasteiger partial charge in [-0.25, -0.2) is 14.6 Å². The Bertz CT molecular complexity index is 1170. The van der Waals surface area contributed by atoms with Crippen LogP contribution in [0, 0.1) is 0 Å². The van der Waals surface area contributed by atoms with E-state index in [2.05, 4.69) is 55.2 Å². The monoisotopic (exact) mass is 416 g/mol. The van der Waals surface area contributed by atoms with Gasteiger partial charge in [0.15, 0.2) is 5.65 Å². The van der Waals surface area contributed by atoms with Crippen molar-refractivity contribution in [1.29, 1.82) is 0 Å². The van der Waals surface area contributed by atoms with Gasteiger partial charge in [0.2, 0.25) is 0 Å². The van der Waals surface area contributed by atoms with Crippen LogP contribution in [0.5, 0.6) is 0 Å². The average molecular weight is 417 g/mol. The molecule has 0 fully saturated rings. The van der Waals surface area contributed by atoms with Gasteiger partial charge < -0.3 is 9.88 Å². The minimum absolute atomic E-state index is 0.111. The summed E-state index contributed by atoms with van der Waals surface area (Å²) in [6.45, 7) is 9.52. The highest BCUT2D eigenvalue weighted by Gasteiger charge is 2.18. The topological polar surface area (TPSA) is 77.6 Å². The summed E-state index contributed by atoms with van der Waals surface area (Å²) in [6.07, 6.45) is 7.26. The normalized spacial score (nSPS) is 11.5. The summed E-state index contributed by atoms with van der Waals surface area (Å²) in [5.41, 5.74) is 4.51. The number of imidazole rings is 1. The molecule has 0 saturated heterocycles. The van der Waals surface area contributed by atoms with Gasteiger partial charge in [-0.05, 0) is 37.0 Å². The summed E-state index contributed by atoms with van der Waals surface area (Å²) in [5.74, 6) is 0.106. The molecule has 7 heteroatoms. The van der Waals surface area contributed by atoms with Gasteiger partial charge in [0.05, 0.1) is 23.5 Å². The smallest absolute Gasteiger partial charge is 0.252 e. The van der Waals surface area contributed by atoms with Crippen molar-refractivity contribution in [3.05, 3.63) is 77.6 Å². The second kappa shape index (κ2) is 8.71. The molecule has 3 heterocycles. The molecule has 0 atom stereocenters. The SMILES string of the molecule is CC(C)c1cc(C(=O)NCc2ccc(Cn3ccnc3)cc2)c2cnn(C(C)C)c2n1. The van der Waals surface area contributed by atoms with E-state index in [1.165, 1.54) is 5.56 Å². The van der Waals surface area contributed by atoms with E-state index in [4.69, 9.17) is 4.98 Å². The standard InChI is InChI=1S/C24H28N6O/c1-16(2)22-11-20(21-13-27-30(17(3)4)23(21)28-22)24(31)26-12-18-5-7-19(8-6-18)14-29-10-9-25-15-29/h5-11,13,15-17H,12,14H2,1-4H3,(H,26,31). The van der Waals surface area contributed by atoms with Crippen LogP contribution in [-0.4, -0.2) is 30.2 Å². The molecule has 1 amide bonds. The highest BCUT2D eigenvalue weighted by atomic mass is 16.1. The van der Waals surface area contributed by atoms with E-state index in [0.29, 0.717) is 12.1 Å². The largest absolute Gasteiger partial charge is 0.348 e. The Hall–Kier alpha value is -3.48. The molecule has 0 aliphatic carbocycles. The zero-order valence-electron chi connectivity index (χ0n) is 18.4. The van der Waals surface area contributed by atoms with Crippen LogP contribution in [0.25, 0.3) is 11.0 Å². The van der Waals surface area contributed by atoms with Crippen LogP contribution in [0.15, 0.2) is 55.2 Å². The number of carbonyl (C=O) groups excluding carboxylic acids is 1. The van der Waals surface area contributed by atoms with Crippen LogP contribution in [0.1, 0.15) is 66.8 Å². The number of pyridine rings is 1. The summed E-state index contributed by atoms with van der Waals surface area (Å²) in [4.78, 5) is 21.9. The molecular formula is C24H28N6O. The maximum atomic E-state index is 13.1. The van der Waals surface area contributed by atoms with Crippen molar-refractivity contribution in [2.24, 2.45) is 0 Å². The second-order valence-corrected chi connectivity index (χ2v) is 8.40. The van der Waals surface area contributed by atoms with Crippen LogP contribution in [-0.2, 0) is 13.1 Å². The van der Waals surface area contributed by atoms with E-state index in [1.807, 2.05) is 33.6 Å². The maximum absolute atomic E-state index is 13.1. The van der Waals surface area contributed by atoms with E-state index >= 15 is 0 Å². The molecule has 0 radical (unpaired) electrons. The van der Waals surface area contributed by atoms with Gasteiger partial charge in [-0.1, -0.05) is 38.1 Å². The predicted octanol–water partition coefficient (Wildman–Crippen LogP) is 4.31. The molecule has 1 aromatic carbocycles. The van der Waals surface area contributed by atoms with Gasteiger partial charge in [-0.3, -0.25) is 4.79 Å². The van der Waals surface area contributed by atoms with Gasteiger partial charge in [-0.15, -0.1) is 0 Å². The molecule has 0 unspecified atom stereocenters. The number of nitrogens with one attached hydrogen (secondary N) is 1. The van der Waals surface area contributed by atoms with Crippen molar-refractivity contribution >= 4 is 16.9 Å². The Labute approximate surface area is 182 Å². The highest BCUT2D eigenvalue weighted by Crippen LogP contribution is 2.24. The van der Waals surface area contributed by atoms with Gasteiger partial charge in [-0.2, -0.15) is 5.10 Å². The number of carbonyl (C=O) groups is 1. The third-order valence-corrected chi connectivity index (χ3v) is 5.31. The van der Waals surface area contributed by atoms with Gasteiger partial charge >= 0.3 is 0 Å². The summed E-state index contributed by atoms with van der Waals surface area (Å²) in [7, 11) is 0. The fourth-order valence-corrected chi connectivity index (χ4v) is 3.53. The number of hydrogen-bond donors (Lipinski definition) is 1. The lowest BCUT2D eigenvalue weighted by molar-refractivity contribution is 0.0952. The highest BCUT2D eigenvalue weighted by molar-refractivity contribution is 6.05. The molecule has 0 spiro atoms. The van der Waals surface area contributed by atoms with Crippen LogP contribution in [0.4, 0.5) is 0 Å². The summed E-state index contributed by atoms with van der Waals surface area (Å²) in [5, 5.41) is 8.31. The first-order valence-corrected chi connectivity index (χ1v) is 10.6. The molecule has 0 aliphatic heterocycles. The molecule has 4 rings (SSSR count). The first-order chi connectivity index (χ1) is 14.9. The van der Waals surface area contributed by atoms with E-state index in [9.17, 15) is 4.79 Å². The molecular weight excluding hydrogens is 388 g/mol. The number of rotatable bonds is 7. The zero-order valence-corrected chi connectivity index (χ0v) is 18.4. The molecule has 7 nitrogen and oxygen atoms in total. The van der Waals surface area contributed by atoms with Crippen LogP contribution in [0.3, 0.4) is 0 Å². The lowest BCUT2D eigenvalue weighted by Crippen LogP contribution is -2.23. The zero-order chi connectivity index (χ0) is 22.0. The van der Waals surface area contributed by atoms with Crippen molar-refractivity contribution in [3.8, 4) is 0 Å². The molecule has 160 valence electrons. The lowest BCUT2D eigenvalue weighted by atomic mass is 10.0. The molecule has 0 aliphatic rings. The van der Waals surface area contributed by atoms with Gasteiger partial charge in [0.1, 0.15) is 0 Å². The lowest BCUT2D eigenvalue weighted by Gasteiger charge is -2.12. The van der Waals surface area contributed by atoms with Crippen molar-refractivity contribution in [2.75, 3.05) is 0 Å². The van der Waals surface area contributed by atoms with E-state index < -0.39 is 0 Å². The van der Waals surface area contributed by atoms with Crippen molar-refractivity contribution in [2.45, 2.75) is 52.7 Å². The third-order valence-electron chi connectivity index (χ3n) is 5.31. The molecule has 0 saturated carbocycles. The molecule has 3 aromatic heterocycles. The summed E-state index contributed by atoms with van der Waals surface area (Å²) >= 11 is 0. The minimum atomic E-state index is -0.111. The van der Waals surface area contributed by atoms with Crippen molar-refractivity contribution in [1.82, 2.24) is 29.6 Å². The number of hydrogen-bond acceptors (Lipinski definition) is 4. The fraction of sp³-hybridized carbons (Fsp3) is 0.333. The fourth-order valence-electron chi connectivity index (χ4n) is 3.53. The van der Waals surface area contributed by atoms with E-state index in [0.717, 1.165) is 28.8 Å². The van der Waals surface area contributed by atoms with E-state index in [1.54, 1.807) is 18.7 Å². The number of benzene rings is 1. The Kier molecular flexibility index (Phi) is 5.84. The Morgan fingerprint density at radius 2 is 1.84 bits per heavy atom. The first kappa shape index (κ1) is 20.8. The van der Waals surface area contributed by atoms with Crippen LogP contribution >= 0.6 is 0 Å². The first-order valence-electron chi connectivity index (χ1n) is 10.6.